The Morgan fingerprint density at radius 1 is 1.25 bits per heavy atom. The number of rotatable bonds is 2. The Kier molecular flexibility index (Phi) is 3.06. The van der Waals surface area contributed by atoms with Gasteiger partial charge in [0.15, 0.2) is 5.76 Å². The molecule has 0 fully saturated rings. The summed E-state index contributed by atoms with van der Waals surface area (Å²) in [4.78, 5) is 15.8. The Balaban J connectivity index is 2.31. The maximum absolute atomic E-state index is 11.3. The lowest BCUT2D eigenvalue weighted by molar-refractivity contribution is -0.254. The third kappa shape index (κ3) is 2.20. The van der Waals surface area contributed by atoms with Gasteiger partial charge in [0.2, 0.25) is 0 Å². The van der Waals surface area contributed by atoms with E-state index in [1.165, 1.54) is 6.07 Å². The van der Waals surface area contributed by atoms with Gasteiger partial charge in [0, 0.05) is 15.4 Å². The summed E-state index contributed by atoms with van der Waals surface area (Å²) in [5.41, 5.74) is 1.16. The van der Waals surface area contributed by atoms with Crippen LogP contribution in [0.5, 0.6) is 0 Å². The van der Waals surface area contributed by atoms with Crippen LogP contribution in [-0.4, -0.2) is 11.0 Å². The van der Waals surface area contributed by atoms with Crippen molar-refractivity contribution in [2.24, 2.45) is 0 Å². The largest absolute Gasteiger partial charge is 0.545 e. The van der Waals surface area contributed by atoms with E-state index in [2.05, 4.69) is 20.9 Å². The molecule has 0 N–H and O–H groups in total. The van der Waals surface area contributed by atoms with Crippen molar-refractivity contribution >= 4 is 32.8 Å². The summed E-state index contributed by atoms with van der Waals surface area (Å²) in [6.07, 6.45) is 0. The van der Waals surface area contributed by atoms with Gasteiger partial charge < -0.3 is 14.3 Å². The van der Waals surface area contributed by atoms with Gasteiger partial charge in [0.05, 0.1) is 11.5 Å². The highest BCUT2D eigenvalue weighted by Crippen LogP contribution is 2.27. The minimum absolute atomic E-state index is 0.0975. The molecule has 3 aromatic rings. The number of fused-ring (bicyclic) bond motifs is 1. The number of carboxylic acids is 1. The number of furan rings is 1. The third-order valence-electron chi connectivity index (χ3n) is 2.98. The molecule has 0 aliphatic rings. The smallest absolute Gasteiger partial charge is 0.152 e. The van der Waals surface area contributed by atoms with Crippen molar-refractivity contribution in [1.82, 2.24) is 4.98 Å². The summed E-state index contributed by atoms with van der Waals surface area (Å²) in [6.45, 7) is 1.82. The molecule has 2 heterocycles. The first-order valence-electron chi connectivity index (χ1n) is 5.93. The van der Waals surface area contributed by atoms with E-state index in [1.54, 1.807) is 18.2 Å². The molecule has 0 saturated heterocycles. The van der Waals surface area contributed by atoms with E-state index in [9.17, 15) is 9.90 Å². The third-order valence-corrected chi connectivity index (χ3v) is 3.48. The Bertz CT molecular complexity index is 823. The van der Waals surface area contributed by atoms with E-state index >= 15 is 0 Å². The molecule has 3 rings (SSSR count). The number of nitrogens with zero attached hydrogens (tertiary/aromatic N) is 1. The number of pyridine rings is 1. The standard InChI is InChI=1S/C15H10BrNO3/c1-8-2-5-14(20-8)13-7-11(15(18)19)10-6-9(16)3-4-12(10)17-13/h2-7H,1H3,(H,18,19)/p-1. The Morgan fingerprint density at radius 2 is 2.05 bits per heavy atom. The van der Waals surface area contributed by atoms with Crippen molar-refractivity contribution in [3.05, 3.63) is 52.2 Å². The number of carboxylic acid groups (broad SMARTS) is 1. The van der Waals surface area contributed by atoms with E-state index in [0.29, 0.717) is 22.4 Å². The Morgan fingerprint density at radius 3 is 2.70 bits per heavy atom. The fraction of sp³-hybridized carbons (Fsp3) is 0.0667. The van der Waals surface area contributed by atoms with Crippen molar-refractivity contribution in [1.29, 1.82) is 0 Å². The highest BCUT2D eigenvalue weighted by molar-refractivity contribution is 9.10. The number of hydrogen-bond acceptors (Lipinski definition) is 4. The first-order chi connectivity index (χ1) is 9.54. The molecule has 100 valence electrons. The zero-order chi connectivity index (χ0) is 14.3. The summed E-state index contributed by atoms with van der Waals surface area (Å²) in [7, 11) is 0. The first kappa shape index (κ1) is 12.9. The number of halogens is 1. The molecule has 0 unspecified atom stereocenters. The van der Waals surface area contributed by atoms with Crippen LogP contribution in [0.15, 0.2) is 45.3 Å². The Hall–Kier alpha value is -2.14. The predicted octanol–water partition coefficient (Wildman–Crippen LogP) is 2.93. The van der Waals surface area contributed by atoms with Crippen molar-refractivity contribution in [3.63, 3.8) is 0 Å². The lowest BCUT2D eigenvalue weighted by Gasteiger charge is -2.09. The van der Waals surface area contributed by atoms with Gasteiger partial charge in [-0.25, -0.2) is 4.98 Å². The zero-order valence-corrected chi connectivity index (χ0v) is 12.1. The molecular weight excluding hydrogens is 322 g/mol. The minimum Gasteiger partial charge on any atom is -0.545 e. The number of aromatic nitrogens is 1. The SMILES string of the molecule is Cc1ccc(-c2cc(C(=O)[O-])c3cc(Br)ccc3n2)o1. The molecular formula is C15H9BrNO3-. The fourth-order valence-corrected chi connectivity index (χ4v) is 2.43. The van der Waals surface area contributed by atoms with Gasteiger partial charge in [-0.2, -0.15) is 0 Å². The van der Waals surface area contributed by atoms with Gasteiger partial charge in [-0.05, 0) is 43.3 Å². The van der Waals surface area contributed by atoms with Gasteiger partial charge in [-0.15, -0.1) is 0 Å². The topological polar surface area (TPSA) is 66.2 Å². The van der Waals surface area contributed by atoms with Crippen LogP contribution >= 0.6 is 15.9 Å². The molecule has 2 aromatic heterocycles. The van der Waals surface area contributed by atoms with Crippen molar-refractivity contribution in [2.45, 2.75) is 6.92 Å². The van der Waals surface area contributed by atoms with Crippen LogP contribution in [0.25, 0.3) is 22.4 Å². The molecule has 0 radical (unpaired) electrons. The lowest BCUT2D eigenvalue weighted by Crippen LogP contribution is -2.22. The average molecular weight is 331 g/mol. The molecule has 0 bridgehead atoms. The molecule has 20 heavy (non-hydrogen) atoms. The number of benzene rings is 1. The van der Waals surface area contributed by atoms with Crippen molar-refractivity contribution in [3.8, 4) is 11.5 Å². The molecule has 4 nitrogen and oxygen atoms in total. The quantitative estimate of drug-likeness (QED) is 0.724. The summed E-state index contributed by atoms with van der Waals surface area (Å²) in [5, 5.41) is 11.9. The van der Waals surface area contributed by atoms with Crippen LogP contribution in [0.4, 0.5) is 0 Å². The number of hydrogen-bond donors (Lipinski definition) is 0. The molecule has 5 heteroatoms. The summed E-state index contributed by atoms with van der Waals surface area (Å²) < 4.78 is 6.28. The van der Waals surface area contributed by atoms with Crippen molar-refractivity contribution < 1.29 is 14.3 Å². The second kappa shape index (κ2) is 4.76. The summed E-state index contributed by atoms with van der Waals surface area (Å²) in [6, 6.07) is 10.3. The molecule has 0 saturated carbocycles. The molecule has 0 atom stereocenters. The number of carbonyl (C=O) groups excluding carboxylic acids is 1. The van der Waals surface area contributed by atoms with Crippen LogP contribution in [0.2, 0.25) is 0 Å². The van der Waals surface area contributed by atoms with Gasteiger partial charge in [-0.3, -0.25) is 0 Å². The fourth-order valence-electron chi connectivity index (χ4n) is 2.07. The van der Waals surface area contributed by atoms with E-state index in [4.69, 9.17) is 4.42 Å². The normalized spacial score (nSPS) is 10.9. The van der Waals surface area contributed by atoms with Crippen molar-refractivity contribution in [2.75, 3.05) is 0 Å². The van der Waals surface area contributed by atoms with Gasteiger partial charge in [0.25, 0.3) is 0 Å². The van der Waals surface area contributed by atoms with Gasteiger partial charge in [0.1, 0.15) is 11.5 Å². The molecule has 0 spiro atoms. The summed E-state index contributed by atoms with van der Waals surface area (Å²) >= 11 is 3.32. The predicted molar refractivity (Wildman–Crippen MR) is 76.2 cm³/mol. The van der Waals surface area contributed by atoms with Gasteiger partial charge >= 0.3 is 0 Å². The number of carbonyl (C=O) groups is 1. The zero-order valence-electron chi connectivity index (χ0n) is 10.5. The van der Waals surface area contributed by atoms with Crippen LogP contribution < -0.4 is 5.11 Å². The minimum atomic E-state index is -1.24. The average Bonchev–Trinajstić information content (AvgIpc) is 2.84. The maximum Gasteiger partial charge on any atom is 0.152 e. The van der Waals surface area contributed by atoms with Crippen LogP contribution in [0.1, 0.15) is 16.1 Å². The highest BCUT2D eigenvalue weighted by atomic mass is 79.9. The second-order valence-electron chi connectivity index (χ2n) is 4.41. The van der Waals surface area contributed by atoms with E-state index < -0.39 is 5.97 Å². The molecule has 0 aliphatic heterocycles. The Labute approximate surface area is 123 Å². The maximum atomic E-state index is 11.3. The molecule has 1 aromatic carbocycles. The molecule has 0 amide bonds. The second-order valence-corrected chi connectivity index (χ2v) is 5.33. The van der Waals surface area contributed by atoms with E-state index in [-0.39, 0.29) is 5.56 Å². The van der Waals surface area contributed by atoms with Gasteiger partial charge in [-0.1, -0.05) is 15.9 Å². The monoisotopic (exact) mass is 330 g/mol. The van der Waals surface area contributed by atoms with Crippen LogP contribution in [0.3, 0.4) is 0 Å². The highest BCUT2D eigenvalue weighted by Gasteiger charge is 2.11. The lowest BCUT2D eigenvalue weighted by atomic mass is 10.1. The van der Waals surface area contributed by atoms with Crippen LogP contribution in [-0.2, 0) is 0 Å². The van der Waals surface area contributed by atoms with E-state index in [0.717, 1.165) is 10.2 Å². The summed E-state index contributed by atoms with van der Waals surface area (Å²) in [5.74, 6) is 0.0440. The number of aromatic carboxylic acids is 1. The van der Waals surface area contributed by atoms with E-state index in [1.807, 2.05) is 19.1 Å². The number of aryl methyl sites for hydroxylation is 1. The first-order valence-corrected chi connectivity index (χ1v) is 6.72. The molecule has 0 aliphatic carbocycles. The van der Waals surface area contributed by atoms with Crippen LogP contribution in [0, 0.1) is 6.92 Å².